The molecule has 1 heterocycles. The van der Waals surface area contributed by atoms with E-state index in [4.69, 9.17) is 10.5 Å². The summed E-state index contributed by atoms with van der Waals surface area (Å²) < 4.78 is 5.26. The Morgan fingerprint density at radius 1 is 1.73 bits per heavy atom. The van der Waals surface area contributed by atoms with E-state index in [9.17, 15) is 0 Å². The maximum Gasteiger partial charge on any atom is 0.0585 e. The molecule has 1 saturated heterocycles. The highest BCUT2D eigenvalue weighted by Gasteiger charge is 2.15. The molecule has 2 nitrogen and oxygen atoms in total. The SMILES string of the molecule is CC(N)CCSC1CCOC1. The molecule has 2 N–H and O–H groups in total. The third-order valence-corrected chi connectivity index (χ3v) is 3.13. The first-order valence-electron chi connectivity index (χ1n) is 4.24. The van der Waals surface area contributed by atoms with Gasteiger partial charge >= 0.3 is 0 Å². The minimum atomic E-state index is 0.352. The zero-order valence-corrected chi connectivity index (χ0v) is 7.90. The fourth-order valence-corrected chi connectivity index (χ4v) is 2.36. The summed E-state index contributed by atoms with van der Waals surface area (Å²) in [6.45, 7) is 3.96. The smallest absolute Gasteiger partial charge is 0.0585 e. The second-order valence-corrected chi connectivity index (χ2v) is 4.53. The molecule has 11 heavy (non-hydrogen) atoms. The summed E-state index contributed by atoms with van der Waals surface area (Å²) in [5.41, 5.74) is 5.63. The standard InChI is InChI=1S/C8H17NOS/c1-7(9)3-5-11-8-2-4-10-6-8/h7-8H,2-6,9H2,1H3. The Hall–Kier alpha value is 0.270. The number of ether oxygens (including phenoxy) is 1. The molecule has 0 aromatic heterocycles. The maximum absolute atomic E-state index is 5.63. The Morgan fingerprint density at radius 3 is 3.09 bits per heavy atom. The van der Waals surface area contributed by atoms with Crippen LogP contribution in [0.1, 0.15) is 19.8 Å². The van der Waals surface area contributed by atoms with Crippen molar-refractivity contribution >= 4 is 11.8 Å². The minimum absolute atomic E-state index is 0.352. The number of hydrogen-bond donors (Lipinski definition) is 1. The van der Waals surface area contributed by atoms with E-state index < -0.39 is 0 Å². The second-order valence-electron chi connectivity index (χ2n) is 3.12. The Bertz CT molecular complexity index is 102. The summed E-state index contributed by atoms with van der Waals surface area (Å²) in [6.07, 6.45) is 2.35. The Morgan fingerprint density at radius 2 is 2.55 bits per heavy atom. The lowest BCUT2D eigenvalue weighted by Gasteiger charge is -2.08. The molecule has 66 valence electrons. The van der Waals surface area contributed by atoms with Gasteiger partial charge in [-0.2, -0.15) is 11.8 Å². The van der Waals surface area contributed by atoms with Crippen LogP contribution in [0.3, 0.4) is 0 Å². The average Bonchev–Trinajstić information content (AvgIpc) is 2.39. The van der Waals surface area contributed by atoms with E-state index in [1.165, 1.54) is 12.2 Å². The molecule has 2 atom stereocenters. The molecule has 0 saturated carbocycles. The van der Waals surface area contributed by atoms with E-state index in [1.807, 2.05) is 11.8 Å². The van der Waals surface area contributed by atoms with Crippen molar-refractivity contribution in [2.24, 2.45) is 5.73 Å². The lowest BCUT2D eigenvalue weighted by Crippen LogP contribution is -2.16. The van der Waals surface area contributed by atoms with Gasteiger partial charge in [0.25, 0.3) is 0 Å². The molecule has 0 bridgehead atoms. The maximum atomic E-state index is 5.63. The summed E-state index contributed by atoms with van der Waals surface area (Å²) in [4.78, 5) is 0. The monoisotopic (exact) mass is 175 g/mol. The zero-order chi connectivity index (χ0) is 8.10. The Labute approximate surface area is 72.9 Å². The molecule has 0 amide bonds. The highest BCUT2D eigenvalue weighted by atomic mass is 32.2. The van der Waals surface area contributed by atoms with Gasteiger partial charge in [-0.25, -0.2) is 0 Å². The van der Waals surface area contributed by atoms with E-state index in [2.05, 4.69) is 6.92 Å². The molecule has 1 aliphatic heterocycles. The number of nitrogens with two attached hydrogens (primary N) is 1. The second kappa shape index (κ2) is 5.01. The summed E-state index contributed by atoms with van der Waals surface area (Å²) in [5, 5.41) is 0.744. The number of hydrogen-bond acceptors (Lipinski definition) is 3. The van der Waals surface area contributed by atoms with Crippen LogP contribution in [0, 0.1) is 0 Å². The lowest BCUT2D eigenvalue weighted by molar-refractivity contribution is 0.199. The molecular weight excluding hydrogens is 158 g/mol. The highest BCUT2D eigenvalue weighted by molar-refractivity contribution is 7.99. The Kier molecular flexibility index (Phi) is 4.26. The van der Waals surface area contributed by atoms with Gasteiger partial charge in [-0.3, -0.25) is 0 Å². The van der Waals surface area contributed by atoms with Gasteiger partial charge in [0.05, 0.1) is 6.61 Å². The lowest BCUT2D eigenvalue weighted by atomic mass is 10.3. The van der Waals surface area contributed by atoms with Crippen LogP contribution in [0.15, 0.2) is 0 Å². The van der Waals surface area contributed by atoms with E-state index in [0.717, 1.165) is 24.9 Å². The topological polar surface area (TPSA) is 35.2 Å². The minimum Gasteiger partial charge on any atom is -0.380 e. The van der Waals surface area contributed by atoms with Crippen LogP contribution in [-0.4, -0.2) is 30.3 Å². The van der Waals surface area contributed by atoms with Gasteiger partial charge in [-0.15, -0.1) is 0 Å². The Balaban J connectivity index is 1.94. The van der Waals surface area contributed by atoms with Crippen molar-refractivity contribution in [3.8, 4) is 0 Å². The van der Waals surface area contributed by atoms with Crippen molar-refractivity contribution in [2.45, 2.75) is 31.1 Å². The van der Waals surface area contributed by atoms with Crippen LogP contribution >= 0.6 is 11.8 Å². The predicted octanol–water partition coefficient (Wildman–Crippen LogP) is 1.25. The predicted molar refractivity (Wildman–Crippen MR) is 49.9 cm³/mol. The molecule has 0 aliphatic carbocycles. The summed E-state index contributed by atoms with van der Waals surface area (Å²) in [6, 6.07) is 0.352. The highest BCUT2D eigenvalue weighted by Crippen LogP contribution is 2.20. The van der Waals surface area contributed by atoms with Crippen LogP contribution in [0.5, 0.6) is 0 Å². The molecule has 2 unspecified atom stereocenters. The van der Waals surface area contributed by atoms with Crippen LogP contribution in [0.25, 0.3) is 0 Å². The largest absolute Gasteiger partial charge is 0.380 e. The van der Waals surface area contributed by atoms with Crippen molar-refractivity contribution in [2.75, 3.05) is 19.0 Å². The third-order valence-electron chi connectivity index (χ3n) is 1.81. The first-order chi connectivity index (χ1) is 5.29. The first-order valence-corrected chi connectivity index (χ1v) is 5.29. The molecule has 0 radical (unpaired) electrons. The van der Waals surface area contributed by atoms with Gasteiger partial charge in [0.15, 0.2) is 0 Å². The van der Waals surface area contributed by atoms with Gasteiger partial charge in [-0.1, -0.05) is 0 Å². The van der Waals surface area contributed by atoms with Crippen LogP contribution < -0.4 is 5.73 Å². The van der Waals surface area contributed by atoms with Gasteiger partial charge in [0.2, 0.25) is 0 Å². The zero-order valence-electron chi connectivity index (χ0n) is 7.08. The first kappa shape index (κ1) is 9.36. The van der Waals surface area contributed by atoms with E-state index in [0.29, 0.717) is 6.04 Å². The van der Waals surface area contributed by atoms with Crippen LogP contribution in [-0.2, 0) is 4.74 Å². The average molecular weight is 175 g/mol. The number of thioether (sulfide) groups is 1. The van der Waals surface area contributed by atoms with Crippen molar-refractivity contribution < 1.29 is 4.74 Å². The summed E-state index contributed by atoms with van der Waals surface area (Å²) >= 11 is 2.01. The molecule has 1 aliphatic rings. The van der Waals surface area contributed by atoms with Gasteiger partial charge in [0.1, 0.15) is 0 Å². The van der Waals surface area contributed by atoms with Crippen molar-refractivity contribution in [1.29, 1.82) is 0 Å². The molecule has 0 aromatic carbocycles. The summed E-state index contributed by atoms with van der Waals surface area (Å²) in [5.74, 6) is 1.19. The summed E-state index contributed by atoms with van der Waals surface area (Å²) in [7, 11) is 0. The van der Waals surface area contributed by atoms with Crippen LogP contribution in [0.2, 0.25) is 0 Å². The third kappa shape index (κ3) is 3.99. The fraction of sp³-hybridized carbons (Fsp3) is 1.00. The molecule has 1 fully saturated rings. The van der Waals surface area contributed by atoms with Crippen LogP contribution in [0.4, 0.5) is 0 Å². The van der Waals surface area contributed by atoms with E-state index >= 15 is 0 Å². The molecule has 3 heteroatoms. The van der Waals surface area contributed by atoms with Gasteiger partial charge in [-0.05, 0) is 25.5 Å². The van der Waals surface area contributed by atoms with Gasteiger partial charge in [0, 0.05) is 17.9 Å². The van der Waals surface area contributed by atoms with E-state index in [-0.39, 0.29) is 0 Å². The fourth-order valence-electron chi connectivity index (χ4n) is 1.06. The molecular formula is C8H17NOS. The van der Waals surface area contributed by atoms with Crippen molar-refractivity contribution in [3.05, 3.63) is 0 Å². The van der Waals surface area contributed by atoms with Gasteiger partial charge < -0.3 is 10.5 Å². The molecule has 0 aromatic rings. The van der Waals surface area contributed by atoms with Crippen molar-refractivity contribution in [3.63, 3.8) is 0 Å². The van der Waals surface area contributed by atoms with E-state index in [1.54, 1.807) is 0 Å². The quantitative estimate of drug-likeness (QED) is 0.698. The molecule has 1 rings (SSSR count). The normalized spacial score (nSPS) is 27.3. The molecule has 0 spiro atoms. The van der Waals surface area contributed by atoms with Crippen molar-refractivity contribution in [1.82, 2.24) is 0 Å². The number of rotatable bonds is 4.